The number of nitrogen functional groups attached to an aromatic ring is 1. The Morgan fingerprint density at radius 1 is 1.45 bits per heavy atom. The summed E-state index contributed by atoms with van der Waals surface area (Å²) in [4.78, 5) is 8.29. The number of rotatable bonds is 5. The van der Waals surface area contributed by atoms with Crippen molar-refractivity contribution in [3.63, 3.8) is 0 Å². The first-order valence-electron chi connectivity index (χ1n) is 6.66. The summed E-state index contributed by atoms with van der Waals surface area (Å²) >= 11 is 0. The Labute approximate surface area is 117 Å². The molecule has 20 heavy (non-hydrogen) atoms. The van der Waals surface area contributed by atoms with Crippen LogP contribution in [0, 0.1) is 5.92 Å². The number of nitrogens with two attached hydrogens (primary N) is 2. The molecule has 1 heterocycles. The van der Waals surface area contributed by atoms with Gasteiger partial charge in [-0.2, -0.15) is 0 Å². The van der Waals surface area contributed by atoms with Crippen LogP contribution in [-0.4, -0.2) is 34.1 Å². The van der Waals surface area contributed by atoms with Gasteiger partial charge in [0.25, 0.3) is 0 Å². The van der Waals surface area contributed by atoms with E-state index in [1.165, 1.54) is 19.3 Å². The van der Waals surface area contributed by atoms with Crippen molar-refractivity contribution in [3.05, 3.63) is 5.82 Å². The average molecular weight is 279 g/mol. The lowest BCUT2D eigenvalue weighted by Crippen LogP contribution is -2.32. The van der Waals surface area contributed by atoms with Crippen LogP contribution in [0.3, 0.4) is 0 Å². The minimum atomic E-state index is -0.168. The molecule has 0 bridgehead atoms. The van der Waals surface area contributed by atoms with Crippen molar-refractivity contribution >= 4 is 23.2 Å². The van der Waals surface area contributed by atoms with Gasteiger partial charge in [-0.3, -0.25) is 0 Å². The molecule has 1 saturated carbocycles. The molecule has 0 spiro atoms. The van der Waals surface area contributed by atoms with Gasteiger partial charge in [0.2, 0.25) is 11.7 Å². The zero-order valence-corrected chi connectivity index (χ0v) is 11.7. The van der Waals surface area contributed by atoms with Crippen LogP contribution in [0.2, 0.25) is 0 Å². The van der Waals surface area contributed by atoms with Crippen molar-refractivity contribution in [2.45, 2.75) is 32.2 Å². The van der Waals surface area contributed by atoms with E-state index in [-0.39, 0.29) is 23.5 Å². The highest BCUT2D eigenvalue weighted by Gasteiger charge is 2.25. The maximum atomic E-state index is 8.72. The number of nitrogens with zero attached hydrogens (tertiary/aromatic N) is 3. The van der Waals surface area contributed by atoms with Crippen molar-refractivity contribution in [1.29, 1.82) is 0 Å². The third-order valence-electron chi connectivity index (χ3n) is 3.75. The van der Waals surface area contributed by atoms with Crippen LogP contribution in [0.15, 0.2) is 5.16 Å². The normalized spacial score (nSPS) is 17.4. The number of anilines is 3. The molecule has 1 aromatic rings. The molecule has 8 heteroatoms. The number of oxime groups is 1. The minimum Gasteiger partial charge on any atom is -0.409 e. The summed E-state index contributed by atoms with van der Waals surface area (Å²) in [6.45, 7) is 2.12. The van der Waals surface area contributed by atoms with Crippen molar-refractivity contribution < 1.29 is 5.21 Å². The first-order valence-corrected chi connectivity index (χ1v) is 6.66. The molecule has 0 radical (unpaired) electrons. The predicted molar refractivity (Wildman–Crippen MR) is 78.9 cm³/mol. The summed E-state index contributed by atoms with van der Waals surface area (Å²) in [7, 11) is 1.75. The molecule has 110 valence electrons. The van der Waals surface area contributed by atoms with E-state index in [1.807, 2.05) is 0 Å². The summed E-state index contributed by atoms with van der Waals surface area (Å²) in [6, 6.07) is 0.283. The van der Waals surface area contributed by atoms with Crippen molar-refractivity contribution in [3.8, 4) is 0 Å². The van der Waals surface area contributed by atoms with Gasteiger partial charge in [0.05, 0.1) is 0 Å². The highest BCUT2D eigenvalue weighted by molar-refractivity contribution is 5.95. The molecule has 1 aliphatic rings. The molecular formula is C12H21N7O. The second-order valence-corrected chi connectivity index (χ2v) is 5.02. The van der Waals surface area contributed by atoms with Gasteiger partial charge in [-0.15, -0.1) is 0 Å². The monoisotopic (exact) mass is 279 g/mol. The molecule has 0 amide bonds. The van der Waals surface area contributed by atoms with E-state index in [4.69, 9.17) is 16.7 Å². The van der Waals surface area contributed by atoms with Crippen LogP contribution < -0.4 is 22.1 Å². The number of nitrogens with one attached hydrogen (secondary N) is 2. The Kier molecular flexibility index (Phi) is 4.11. The summed E-state index contributed by atoms with van der Waals surface area (Å²) in [6.07, 6.45) is 3.71. The minimum absolute atomic E-state index is 0.104. The van der Waals surface area contributed by atoms with Crippen LogP contribution in [0.5, 0.6) is 0 Å². The lowest BCUT2D eigenvalue weighted by atomic mass is 9.80. The maximum Gasteiger partial charge on any atom is 0.208 e. The highest BCUT2D eigenvalue weighted by Crippen LogP contribution is 2.33. The molecule has 0 aliphatic heterocycles. The average Bonchev–Trinajstić information content (AvgIpc) is 2.35. The third-order valence-corrected chi connectivity index (χ3v) is 3.75. The number of aromatic nitrogens is 2. The molecule has 1 fully saturated rings. The van der Waals surface area contributed by atoms with Gasteiger partial charge in [-0.05, 0) is 25.7 Å². The van der Waals surface area contributed by atoms with Crippen molar-refractivity contribution in [2.75, 3.05) is 23.4 Å². The quantitative estimate of drug-likeness (QED) is 0.233. The Hall–Kier alpha value is -2.25. The van der Waals surface area contributed by atoms with E-state index in [1.54, 1.807) is 7.05 Å². The number of hydrogen-bond acceptors (Lipinski definition) is 7. The lowest BCUT2D eigenvalue weighted by Gasteiger charge is -2.32. The molecule has 1 aliphatic carbocycles. The van der Waals surface area contributed by atoms with Crippen molar-refractivity contribution in [1.82, 2.24) is 9.97 Å². The second-order valence-electron chi connectivity index (χ2n) is 5.02. The summed E-state index contributed by atoms with van der Waals surface area (Å²) in [5.41, 5.74) is 12.0. The molecule has 7 N–H and O–H groups in total. The molecule has 0 aromatic carbocycles. The van der Waals surface area contributed by atoms with Gasteiger partial charge >= 0.3 is 0 Å². The standard InChI is InChI=1S/C12H21N7O/c1-6(7-4-3-5-7)16-11-8(15-2)9(13)17-12(18-11)10(14)19-20/h6-7,15,20H,3-5H2,1-2H3,(H2,14,19)(H3,13,16,17,18)/t6-/m1/s1. The van der Waals surface area contributed by atoms with Gasteiger partial charge in [-0.1, -0.05) is 11.6 Å². The van der Waals surface area contributed by atoms with Gasteiger partial charge in [0.1, 0.15) is 5.69 Å². The molecule has 2 rings (SSSR count). The topological polar surface area (TPSA) is 134 Å². The number of amidine groups is 1. The smallest absolute Gasteiger partial charge is 0.208 e. The molecular weight excluding hydrogens is 258 g/mol. The maximum absolute atomic E-state index is 8.72. The van der Waals surface area contributed by atoms with E-state index in [0.717, 1.165) is 0 Å². The Morgan fingerprint density at radius 2 is 2.15 bits per heavy atom. The Bertz CT molecular complexity index is 513. The van der Waals surface area contributed by atoms with E-state index in [0.29, 0.717) is 17.4 Å². The van der Waals surface area contributed by atoms with E-state index >= 15 is 0 Å². The van der Waals surface area contributed by atoms with Crippen molar-refractivity contribution in [2.24, 2.45) is 16.8 Å². The first-order chi connectivity index (χ1) is 9.56. The van der Waals surface area contributed by atoms with Gasteiger partial charge in [-0.25, -0.2) is 9.97 Å². The highest BCUT2D eigenvalue weighted by atomic mass is 16.4. The second kappa shape index (κ2) is 5.81. The van der Waals surface area contributed by atoms with Gasteiger partial charge in [0, 0.05) is 13.1 Å². The molecule has 0 unspecified atom stereocenters. The fourth-order valence-electron chi connectivity index (χ4n) is 2.26. The summed E-state index contributed by atoms with van der Waals surface area (Å²) < 4.78 is 0. The SMILES string of the molecule is CNc1c(N)nc(/C(N)=N/O)nc1N[C@H](C)C1CCC1. The lowest BCUT2D eigenvalue weighted by molar-refractivity contribution is 0.285. The fourth-order valence-corrected chi connectivity index (χ4v) is 2.26. The first kappa shape index (κ1) is 14.2. The molecule has 8 nitrogen and oxygen atoms in total. The van der Waals surface area contributed by atoms with Crippen LogP contribution in [0.4, 0.5) is 17.3 Å². The molecule has 0 saturated heterocycles. The molecule has 1 aromatic heterocycles. The van der Waals surface area contributed by atoms with Crippen LogP contribution in [-0.2, 0) is 0 Å². The zero-order valence-electron chi connectivity index (χ0n) is 11.7. The Balaban J connectivity index is 2.30. The molecule has 1 atom stereocenters. The van der Waals surface area contributed by atoms with E-state index < -0.39 is 0 Å². The van der Waals surface area contributed by atoms with E-state index in [2.05, 4.69) is 32.7 Å². The van der Waals surface area contributed by atoms with Crippen LogP contribution in [0.25, 0.3) is 0 Å². The van der Waals surface area contributed by atoms with Gasteiger partial charge < -0.3 is 27.3 Å². The van der Waals surface area contributed by atoms with E-state index in [9.17, 15) is 0 Å². The zero-order chi connectivity index (χ0) is 14.7. The largest absolute Gasteiger partial charge is 0.409 e. The summed E-state index contributed by atoms with van der Waals surface area (Å²) in [5, 5.41) is 17.9. The van der Waals surface area contributed by atoms with Gasteiger partial charge in [0.15, 0.2) is 11.6 Å². The van der Waals surface area contributed by atoms with Crippen LogP contribution in [0.1, 0.15) is 32.0 Å². The third kappa shape index (κ3) is 2.68. The Morgan fingerprint density at radius 3 is 2.65 bits per heavy atom. The number of hydrogen-bond donors (Lipinski definition) is 5. The fraction of sp³-hybridized carbons (Fsp3) is 0.583. The summed E-state index contributed by atoms with van der Waals surface area (Å²) in [5.74, 6) is 1.41. The van der Waals surface area contributed by atoms with Crippen LogP contribution >= 0.6 is 0 Å². The predicted octanol–water partition coefficient (Wildman–Crippen LogP) is 0.795.